The molecular weight excluding hydrogens is 250 g/mol. The topological polar surface area (TPSA) is 38.7 Å². The average molecular weight is 262 g/mol. The fourth-order valence-corrected chi connectivity index (χ4v) is 6.12. The molecule has 1 saturated heterocycles. The van der Waals surface area contributed by atoms with Crippen molar-refractivity contribution in [2.24, 2.45) is 0 Å². The zero-order valence-electron chi connectivity index (χ0n) is 8.07. The number of benzene rings is 1. The summed E-state index contributed by atoms with van der Waals surface area (Å²) in [5.41, 5.74) is 0. The fraction of sp³-hybridized carbons (Fsp3) is 0.333. The van der Waals surface area contributed by atoms with Gasteiger partial charge in [0.2, 0.25) is 6.49 Å². The van der Waals surface area contributed by atoms with Crippen molar-refractivity contribution in [1.82, 2.24) is 0 Å². The van der Waals surface area contributed by atoms with Gasteiger partial charge >= 0.3 is 0 Å². The normalized spacial score (nSPS) is 31.4. The van der Waals surface area contributed by atoms with Crippen LogP contribution in [0.1, 0.15) is 0 Å². The minimum Gasteiger partial charge on any atom is -0.392 e. The highest BCUT2D eigenvalue weighted by atomic mass is 32.5. The van der Waals surface area contributed by atoms with E-state index in [1.807, 2.05) is 30.3 Å². The molecule has 15 heavy (non-hydrogen) atoms. The Kier molecular flexibility index (Phi) is 3.89. The third kappa shape index (κ3) is 2.65. The molecule has 0 aromatic heterocycles. The number of hydrogen-bond donors (Lipinski definition) is 1. The van der Waals surface area contributed by atoms with Gasteiger partial charge in [0.1, 0.15) is 0 Å². The number of aliphatic hydroxyl groups excluding tert-OH is 1. The zero-order chi connectivity index (χ0) is 10.7. The first-order chi connectivity index (χ1) is 7.24. The van der Waals surface area contributed by atoms with Gasteiger partial charge in [0.25, 0.3) is 0 Å². The lowest BCUT2D eigenvalue weighted by Crippen LogP contribution is -2.16. The second-order valence-corrected chi connectivity index (χ2v) is 8.77. The Bertz CT molecular complexity index is 359. The van der Waals surface area contributed by atoms with E-state index in [0.29, 0.717) is 12.7 Å². The molecule has 1 fully saturated rings. The van der Waals surface area contributed by atoms with Crippen LogP contribution < -0.4 is 5.30 Å². The predicted molar refractivity (Wildman–Crippen MR) is 66.3 cm³/mol. The van der Waals surface area contributed by atoms with Gasteiger partial charge in [-0.2, -0.15) is 0 Å². The van der Waals surface area contributed by atoms with Crippen LogP contribution in [0.5, 0.6) is 0 Å². The summed E-state index contributed by atoms with van der Waals surface area (Å²) in [7, 11) is -0.546. The van der Waals surface area contributed by atoms with Gasteiger partial charge in [0.05, 0.1) is 19.0 Å². The van der Waals surface area contributed by atoms with Gasteiger partial charge in [-0.05, 0) is 31.9 Å². The minimum absolute atomic E-state index is 0.152. The molecule has 1 aliphatic heterocycles. The molecular formula is C9H12O3P2S. The molecule has 0 aliphatic carbocycles. The summed E-state index contributed by atoms with van der Waals surface area (Å²) in [6.07, 6.45) is 1.26. The molecule has 0 bridgehead atoms. The first-order valence-electron chi connectivity index (χ1n) is 4.52. The molecule has 0 unspecified atom stereocenters. The van der Waals surface area contributed by atoms with Gasteiger partial charge in [0, 0.05) is 5.30 Å². The molecule has 3 nitrogen and oxygen atoms in total. The molecule has 0 radical (unpaired) electrons. The lowest BCUT2D eigenvalue weighted by Gasteiger charge is -2.31. The van der Waals surface area contributed by atoms with Crippen molar-refractivity contribution in [1.29, 1.82) is 0 Å². The molecule has 0 saturated carbocycles. The third-order valence-electron chi connectivity index (χ3n) is 2.09. The Labute approximate surface area is 95.3 Å². The number of aliphatic hydroxyl groups is 1. The lowest BCUT2D eigenvalue weighted by molar-refractivity contribution is 0.284. The summed E-state index contributed by atoms with van der Waals surface area (Å²) in [4.78, 5) is 0. The van der Waals surface area contributed by atoms with Crippen molar-refractivity contribution < 1.29 is 14.2 Å². The van der Waals surface area contributed by atoms with Crippen LogP contribution in [0, 0.1) is 0 Å². The predicted octanol–water partition coefficient (Wildman–Crippen LogP) is 2.01. The summed E-state index contributed by atoms with van der Waals surface area (Å²) >= 11 is 5.42. The van der Waals surface area contributed by atoms with E-state index in [-0.39, 0.29) is 6.35 Å². The maximum absolute atomic E-state index is 8.98. The smallest absolute Gasteiger partial charge is 0.220 e. The summed E-state index contributed by atoms with van der Waals surface area (Å²) in [5, 5.41) is 9.93. The SMILES string of the molecule is OCP1COP(=S)(c2ccccc2)OC1. The molecule has 2 rings (SSSR count). The Hall–Kier alpha value is 0.180. The van der Waals surface area contributed by atoms with E-state index in [2.05, 4.69) is 0 Å². The van der Waals surface area contributed by atoms with E-state index < -0.39 is 14.4 Å². The van der Waals surface area contributed by atoms with Crippen molar-refractivity contribution in [2.45, 2.75) is 0 Å². The van der Waals surface area contributed by atoms with Crippen LogP contribution in [-0.2, 0) is 20.9 Å². The molecule has 1 aromatic carbocycles. The first-order valence-corrected chi connectivity index (χ1v) is 9.06. The molecule has 0 amide bonds. The van der Waals surface area contributed by atoms with Crippen LogP contribution in [0.15, 0.2) is 30.3 Å². The van der Waals surface area contributed by atoms with Crippen LogP contribution >= 0.6 is 14.4 Å². The summed E-state index contributed by atoms with van der Waals surface area (Å²) in [6, 6.07) is 9.68. The van der Waals surface area contributed by atoms with Gasteiger partial charge in [0.15, 0.2) is 0 Å². The van der Waals surface area contributed by atoms with Crippen LogP contribution in [0.2, 0.25) is 0 Å². The summed E-state index contributed by atoms with van der Waals surface area (Å²) in [6.45, 7) is -2.28. The summed E-state index contributed by atoms with van der Waals surface area (Å²) < 4.78 is 11.3. The van der Waals surface area contributed by atoms with Gasteiger partial charge < -0.3 is 14.2 Å². The van der Waals surface area contributed by atoms with Gasteiger partial charge in [-0.1, -0.05) is 18.2 Å². The monoisotopic (exact) mass is 262 g/mol. The van der Waals surface area contributed by atoms with Crippen molar-refractivity contribution in [3.8, 4) is 0 Å². The highest BCUT2D eigenvalue weighted by molar-refractivity contribution is 8.13. The largest absolute Gasteiger partial charge is 0.392 e. The Morgan fingerprint density at radius 2 is 1.87 bits per heavy atom. The van der Waals surface area contributed by atoms with Crippen LogP contribution in [0.25, 0.3) is 0 Å². The maximum Gasteiger partial charge on any atom is 0.220 e. The highest BCUT2D eigenvalue weighted by Gasteiger charge is 2.29. The van der Waals surface area contributed by atoms with E-state index in [1.54, 1.807) is 0 Å². The molecule has 0 atom stereocenters. The van der Waals surface area contributed by atoms with Crippen molar-refractivity contribution in [3.05, 3.63) is 30.3 Å². The second kappa shape index (κ2) is 5.01. The van der Waals surface area contributed by atoms with Crippen LogP contribution in [-0.4, -0.2) is 24.2 Å². The summed E-state index contributed by atoms with van der Waals surface area (Å²) in [5.74, 6) is 0. The third-order valence-corrected chi connectivity index (χ3v) is 7.02. The Balaban J connectivity index is 2.14. The molecule has 82 valence electrons. The molecule has 1 N–H and O–H groups in total. The second-order valence-electron chi connectivity index (χ2n) is 3.16. The molecule has 1 aromatic rings. The van der Waals surface area contributed by atoms with E-state index in [0.717, 1.165) is 5.30 Å². The van der Waals surface area contributed by atoms with Gasteiger partial charge in [-0.3, -0.25) is 0 Å². The molecule has 1 aliphatic rings. The first kappa shape index (κ1) is 11.7. The van der Waals surface area contributed by atoms with E-state index in [4.69, 9.17) is 26.0 Å². The number of hydrogen-bond acceptors (Lipinski definition) is 4. The molecule has 1 heterocycles. The van der Waals surface area contributed by atoms with Crippen LogP contribution in [0.4, 0.5) is 0 Å². The standard InChI is InChI=1S/C9H12O3P2S/c10-6-13-7-11-14(15,12-8-13)9-4-2-1-3-5-9/h1-5,10H,6-8H2. The number of rotatable bonds is 2. The van der Waals surface area contributed by atoms with E-state index in [9.17, 15) is 0 Å². The minimum atomic E-state index is -2.28. The fourth-order valence-electron chi connectivity index (χ4n) is 1.23. The van der Waals surface area contributed by atoms with Crippen molar-refractivity contribution in [3.63, 3.8) is 0 Å². The Morgan fingerprint density at radius 3 is 2.40 bits per heavy atom. The van der Waals surface area contributed by atoms with Gasteiger partial charge in [-0.25, -0.2) is 0 Å². The zero-order valence-corrected chi connectivity index (χ0v) is 10.7. The van der Waals surface area contributed by atoms with E-state index in [1.165, 1.54) is 0 Å². The molecule has 6 heteroatoms. The maximum atomic E-state index is 8.98. The van der Waals surface area contributed by atoms with Crippen molar-refractivity contribution in [2.75, 3.05) is 19.0 Å². The lowest BCUT2D eigenvalue weighted by atomic mass is 10.4. The van der Waals surface area contributed by atoms with Gasteiger partial charge in [-0.15, -0.1) is 0 Å². The highest BCUT2D eigenvalue weighted by Crippen LogP contribution is 2.57. The van der Waals surface area contributed by atoms with Crippen LogP contribution in [0.3, 0.4) is 0 Å². The molecule has 0 spiro atoms. The average Bonchev–Trinajstić information content (AvgIpc) is 2.31. The Morgan fingerprint density at radius 1 is 1.27 bits per heavy atom. The van der Waals surface area contributed by atoms with Crippen molar-refractivity contribution >= 4 is 31.5 Å². The quantitative estimate of drug-likeness (QED) is 0.827. The van der Waals surface area contributed by atoms with E-state index >= 15 is 0 Å².